The van der Waals surface area contributed by atoms with Gasteiger partial charge >= 0.3 is 0 Å². The molecule has 2 aromatic heterocycles. The molecule has 3 heterocycles. The summed E-state index contributed by atoms with van der Waals surface area (Å²) in [7, 11) is 0. The molecule has 0 bridgehead atoms. The molecule has 0 aliphatic carbocycles. The molecule has 0 amide bonds. The van der Waals surface area contributed by atoms with Gasteiger partial charge in [0.2, 0.25) is 0 Å². The van der Waals surface area contributed by atoms with Crippen LogP contribution in [0.2, 0.25) is 0 Å². The maximum atomic E-state index is 9.49. The van der Waals surface area contributed by atoms with E-state index in [0.717, 1.165) is 46.6 Å². The molecule has 142 valence electrons. The van der Waals surface area contributed by atoms with Crippen molar-refractivity contribution in [3.05, 3.63) is 41.0 Å². The third-order valence-electron chi connectivity index (χ3n) is 5.04. The van der Waals surface area contributed by atoms with Crippen molar-refractivity contribution in [3.8, 4) is 17.1 Å². The SMILES string of the molecule is OC[C@H]1CCCCN1CCOc1ccc(-c2nc3ncc(Br)cc3[nH]2)cc1. The lowest BCUT2D eigenvalue weighted by Gasteiger charge is -2.34. The molecule has 1 fully saturated rings. The normalized spacial score (nSPS) is 18.1. The number of pyridine rings is 1. The van der Waals surface area contributed by atoms with E-state index in [4.69, 9.17) is 4.74 Å². The Hall–Kier alpha value is -1.96. The summed E-state index contributed by atoms with van der Waals surface area (Å²) in [6.07, 6.45) is 5.23. The number of fused-ring (bicyclic) bond motifs is 1. The molecule has 3 aromatic rings. The number of ether oxygens (including phenoxy) is 1. The molecule has 7 heteroatoms. The Balaban J connectivity index is 1.37. The van der Waals surface area contributed by atoms with Crippen molar-refractivity contribution in [2.75, 3.05) is 26.3 Å². The second kappa shape index (κ2) is 8.37. The Morgan fingerprint density at radius 1 is 1.26 bits per heavy atom. The molecular formula is C20H23BrN4O2. The summed E-state index contributed by atoms with van der Waals surface area (Å²) in [5.74, 6) is 1.63. The number of aliphatic hydroxyl groups is 1. The van der Waals surface area contributed by atoms with Crippen molar-refractivity contribution in [3.63, 3.8) is 0 Å². The number of aromatic nitrogens is 3. The molecule has 1 aliphatic rings. The van der Waals surface area contributed by atoms with Crippen LogP contribution in [0, 0.1) is 0 Å². The molecule has 0 saturated carbocycles. The second-order valence-electron chi connectivity index (χ2n) is 6.85. The summed E-state index contributed by atoms with van der Waals surface area (Å²) in [6.45, 7) is 2.75. The molecule has 1 aliphatic heterocycles. The minimum Gasteiger partial charge on any atom is -0.492 e. The van der Waals surface area contributed by atoms with E-state index >= 15 is 0 Å². The van der Waals surface area contributed by atoms with Gasteiger partial charge in [-0.05, 0) is 65.6 Å². The Morgan fingerprint density at radius 2 is 2.11 bits per heavy atom. The number of imidazole rings is 1. The van der Waals surface area contributed by atoms with Crippen LogP contribution in [0.25, 0.3) is 22.6 Å². The number of benzene rings is 1. The molecule has 6 nitrogen and oxygen atoms in total. The second-order valence-corrected chi connectivity index (χ2v) is 7.77. The summed E-state index contributed by atoms with van der Waals surface area (Å²) in [5, 5.41) is 9.49. The number of piperidine rings is 1. The van der Waals surface area contributed by atoms with Crippen molar-refractivity contribution in [2.45, 2.75) is 25.3 Å². The van der Waals surface area contributed by atoms with Crippen LogP contribution in [0.3, 0.4) is 0 Å². The van der Waals surface area contributed by atoms with E-state index < -0.39 is 0 Å². The molecule has 0 spiro atoms. The van der Waals surface area contributed by atoms with Crippen LogP contribution in [0.1, 0.15) is 19.3 Å². The Labute approximate surface area is 166 Å². The van der Waals surface area contributed by atoms with Gasteiger partial charge < -0.3 is 14.8 Å². The molecule has 1 aromatic carbocycles. The topological polar surface area (TPSA) is 74.3 Å². The predicted octanol–water partition coefficient (Wildman–Crippen LogP) is 3.61. The Morgan fingerprint density at radius 3 is 2.93 bits per heavy atom. The van der Waals surface area contributed by atoms with Crippen LogP contribution >= 0.6 is 15.9 Å². The van der Waals surface area contributed by atoms with Gasteiger partial charge in [0, 0.05) is 28.8 Å². The number of rotatable bonds is 6. The van der Waals surface area contributed by atoms with Crippen molar-refractivity contribution < 1.29 is 9.84 Å². The average Bonchev–Trinajstić information content (AvgIpc) is 3.12. The highest BCUT2D eigenvalue weighted by Gasteiger charge is 2.21. The molecule has 2 N–H and O–H groups in total. The fourth-order valence-electron chi connectivity index (χ4n) is 3.56. The van der Waals surface area contributed by atoms with Crippen LogP contribution < -0.4 is 4.74 Å². The third-order valence-corrected chi connectivity index (χ3v) is 5.47. The fraction of sp³-hybridized carbons (Fsp3) is 0.400. The first-order chi connectivity index (χ1) is 13.2. The number of hydrogen-bond acceptors (Lipinski definition) is 5. The van der Waals surface area contributed by atoms with Crippen molar-refractivity contribution in [1.82, 2.24) is 19.9 Å². The number of aromatic amines is 1. The zero-order valence-corrected chi connectivity index (χ0v) is 16.7. The molecule has 0 unspecified atom stereocenters. The van der Waals surface area contributed by atoms with Crippen LogP contribution in [0.4, 0.5) is 0 Å². The van der Waals surface area contributed by atoms with Crippen molar-refractivity contribution in [1.29, 1.82) is 0 Å². The minimum atomic E-state index is 0.234. The lowest BCUT2D eigenvalue weighted by molar-refractivity contribution is 0.0773. The fourth-order valence-corrected chi connectivity index (χ4v) is 3.89. The number of nitrogens with zero attached hydrogens (tertiary/aromatic N) is 3. The van der Waals surface area contributed by atoms with Gasteiger partial charge in [0.15, 0.2) is 5.65 Å². The van der Waals surface area contributed by atoms with E-state index in [9.17, 15) is 5.11 Å². The van der Waals surface area contributed by atoms with Gasteiger partial charge in [-0.25, -0.2) is 9.97 Å². The van der Waals surface area contributed by atoms with Gasteiger partial charge in [-0.1, -0.05) is 6.42 Å². The standard InChI is InChI=1S/C20H23BrN4O2/c21-15-11-18-20(22-12-15)24-19(23-18)14-4-6-17(7-5-14)27-10-9-25-8-2-1-3-16(25)13-26/h4-7,11-12,16,26H,1-3,8-10,13H2,(H,22,23,24)/t16-/m1/s1. The van der Waals surface area contributed by atoms with E-state index in [-0.39, 0.29) is 12.6 Å². The summed E-state index contributed by atoms with van der Waals surface area (Å²) in [4.78, 5) is 14.5. The summed E-state index contributed by atoms with van der Waals surface area (Å²) < 4.78 is 6.82. The number of hydrogen-bond donors (Lipinski definition) is 2. The van der Waals surface area contributed by atoms with E-state index in [0.29, 0.717) is 12.3 Å². The first-order valence-electron chi connectivity index (χ1n) is 9.32. The van der Waals surface area contributed by atoms with Gasteiger partial charge in [0.25, 0.3) is 0 Å². The molecule has 0 radical (unpaired) electrons. The van der Waals surface area contributed by atoms with E-state index in [1.165, 1.54) is 12.8 Å². The van der Waals surface area contributed by atoms with Crippen LogP contribution in [-0.2, 0) is 0 Å². The lowest BCUT2D eigenvalue weighted by Crippen LogP contribution is -2.43. The first kappa shape index (κ1) is 18.4. The molecule has 27 heavy (non-hydrogen) atoms. The molecule has 1 atom stereocenters. The van der Waals surface area contributed by atoms with Crippen molar-refractivity contribution >= 4 is 27.1 Å². The monoisotopic (exact) mass is 430 g/mol. The maximum Gasteiger partial charge on any atom is 0.178 e. The number of likely N-dealkylation sites (tertiary alicyclic amines) is 1. The molecular weight excluding hydrogens is 408 g/mol. The quantitative estimate of drug-likeness (QED) is 0.624. The predicted molar refractivity (Wildman–Crippen MR) is 109 cm³/mol. The first-order valence-corrected chi connectivity index (χ1v) is 10.1. The van der Waals surface area contributed by atoms with Gasteiger partial charge in [0.05, 0.1) is 12.1 Å². The largest absolute Gasteiger partial charge is 0.492 e. The number of halogens is 1. The van der Waals surface area contributed by atoms with Crippen molar-refractivity contribution in [2.24, 2.45) is 0 Å². The van der Waals surface area contributed by atoms with E-state index in [1.54, 1.807) is 6.20 Å². The summed E-state index contributed by atoms with van der Waals surface area (Å²) in [6, 6.07) is 10.2. The van der Waals surface area contributed by atoms with Crippen LogP contribution in [0.15, 0.2) is 41.0 Å². The van der Waals surface area contributed by atoms with Gasteiger partial charge in [-0.3, -0.25) is 4.90 Å². The summed E-state index contributed by atoms with van der Waals surface area (Å²) >= 11 is 3.42. The highest BCUT2D eigenvalue weighted by atomic mass is 79.9. The summed E-state index contributed by atoms with van der Waals surface area (Å²) in [5.41, 5.74) is 2.60. The zero-order valence-electron chi connectivity index (χ0n) is 15.1. The number of aliphatic hydroxyl groups excluding tert-OH is 1. The van der Waals surface area contributed by atoms with Gasteiger partial charge in [0.1, 0.15) is 18.2 Å². The molecule has 4 rings (SSSR count). The third kappa shape index (κ3) is 4.31. The average molecular weight is 431 g/mol. The Bertz CT molecular complexity index is 897. The zero-order chi connectivity index (χ0) is 18.6. The van der Waals surface area contributed by atoms with Gasteiger partial charge in [-0.15, -0.1) is 0 Å². The highest BCUT2D eigenvalue weighted by Crippen LogP contribution is 2.24. The number of H-pyrrole nitrogens is 1. The van der Waals surface area contributed by atoms with Crippen LogP contribution in [0.5, 0.6) is 5.75 Å². The Kier molecular flexibility index (Phi) is 5.71. The van der Waals surface area contributed by atoms with E-state index in [1.807, 2.05) is 30.3 Å². The smallest absolute Gasteiger partial charge is 0.178 e. The lowest BCUT2D eigenvalue weighted by atomic mass is 10.0. The van der Waals surface area contributed by atoms with Gasteiger partial charge in [-0.2, -0.15) is 0 Å². The highest BCUT2D eigenvalue weighted by molar-refractivity contribution is 9.10. The molecule has 1 saturated heterocycles. The van der Waals surface area contributed by atoms with E-state index in [2.05, 4.69) is 35.8 Å². The van der Waals surface area contributed by atoms with Crippen LogP contribution in [-0.4, -0.2) is 57.3 Å². The minimum absolute atomic E-state index is 0.234. The maximum absolute atomic E-state index is 9.49. The number of nitrogens with one attached hydrogen (secondary N) is 1.